The summed E-state index contributed by atoms with van der Waals surface area (Å²) in [5, 5.41) is 9.60. The van der Waals surface area contributed by atoms with E-state index in [1.165, 1.54) is 0 Å². The number of piperidine rings is 1. The van der Waals surface area contributed by atoms with Gasteiger partial charge in [0.05, 0.1) is 0 Å². The number of carbonyl (C=O) groups excluding carboxylic acids is 2. The normalized spacial score (nSPS) is 16.5. The van der Waals surface area contributed by atoms with E-state index in [-0.39, 0.29) is 23.7 Å². The molecule has 0 atom stereocenters. The highest BCUT2D eigenvalue weighted by Crippen LogP contribution is 2.20. The van der Waals surface area contributed by atoms with Gasteiger partial charge in [-0.05, 0) is 19.8 Å². The van der Waals surface area contributed by atoms with E-state index >= 15 is 0 Å². The van der Waals surface area contributed by atoms with E-state index in [1.54, 1.807) is 6.07 Å². The van der Waals surface area contributed by atoms with Gasteiger partial charge in [0.25, 0.3) is 0 Å². The summed E-state index contributed by atoms with van der Waals surface area (Å²) >= 11 is 0. The molecule has 0 unspecified atom stereocenters. The maximum absolute atomic E-state index is 12.1. The summed E-state index contributed by atoms with van der Waals surface area (Å²) in [5.74, 6) is 0.712. The highest BCUT2D eigenvalue weighted by molar-refractivity contribution is 5.92. The Balaban J connectivity index is 1.84. The molecule has 20 heavy (non-hydrogen) atoms. The van der Waals surface area contributed by atoms with Crippen molar-refractivity contribution < 1.29 is 9.59 Å². The summed E-state index contributed by atoms with van der Waals surface area (Å²) in [6.07, 6.45) is 1.43. The Kier molecular flexibility index (Phi) is 4.42. The van der Waals surface area contributed by atoms with Gasteiger partial charge in [-0.3, -0.25) is 14.7 Å². The Hall–Kier alpha value is -1.85. The van der Waals surface area contributed by atoms with Crippen molar-refractivity contribution in [1.82, 2.24) is 15.1 Å². The van der Waals surface area contributed by atoms with Crippen molar-refractivity contribution in [2.24, 2.45) is 11.8 Å². The van der Waals surface area contributed by atoms with Gasteiger partial charge in [-0.15, -0.1) is 0 Å². The minimum absolute atomic E-state index is 0.00635. The second-order valence-electron chi connectivity index (χ2n) is 5.68. The van der Waals surface area contributed by atoms with Crippen molar-refractivity contribution in [1.29, 1.82) is 0 Å². The third-order valence-corrected chi connectivity index (χ3v) is 3.63. The summed E-state index contributed by atoms with van der Waals surface area (Å²) < 4.78 is 0. The van der Waals surface area contributed by atoms with Crippen LogP contribution in [0, 0.1) is 18.8 Å². The van der Waals surface area contributed by atoms with Crippen molar-refractivity contribution in [3.05, 3.63) is 11.8 Å². The topological polar surface area (TPSA) is 78.1 Å². The summed E-state index contributed by atoms with van der Waals surface area (Å²) in [4.78, 5) is 25.9. The zero-order valence-corrected chi connectivity index (χ0v) is 12.3. The van der Waals surface area contributed by atoms with Crippen LogP contribution in [0.4, 0.5) is 5.82 Å². The summed E-state index contributed by atoms with van der Waals surface area (Å²) in [6, 6.07) is 1.80. The van der Waals surface area contributed by atoms with Crippen LogP contribution in [0.3, 0.4) is 0 Å². The van der Waals surface area contributed by atoms with E-state index < -0.39 is 0 Å². The van der Waals surface area contributed by atoms with Crippen LogP contribution in [-0.2, 0) is 9.59 Å². The van der Waals surface area contributed by atoms with Crippen LogP contribution >= 0.6 is 0 Å². The second-order valence-corrected chi connectivity index (χ2v) is 5.68. The Bertz CT molecular complexity index is 487. The first-order valence-corrected chi connectivity index (χ1v) is 7.09. The van der Waals surface area contributed by atoms with Crippen molar-refractivity contribution in [2.75, 3.05) is 18.4 Å². The summed E-state index contributed by atoms with van der Waals surface area (Å²) in [6.45, 7) is 7.02. The number of anilines is 1. The molecule has 0 aliphatic carbocycles. The number of aryl methyl sites for hydroxylation is 1. The maximum Gasteiger partial charge on any atom is 0.228 e. The van der Waals surface area contributed by atoms with Crippen molar-refractivity contribution in [3.8, 4) is 0 Å². The molecule has 0 radical (unpaired) electrons. The number of rotatable bonds is 3. The maximum atomic E-state index is 12.1. The first-order chi connectivity index (χ1) is 9.47. The van der Waals surface area contributed by atoms with Crippen LogP contribution < -0.4 is 5.32 Å². The van der Waals surface area contributed by atoms with Crippen molar-refractivity contribution in [3.63, 3.8) is 0 Å². The van der Waals surface area contributed by atoms with E-state index in [0.29, 0.717) is 31.7 Å². The highest BCUT2D eigenvalue weighted by atomic mass is 16.2. The number of nitrogens with one attached hydrogen (secondary N) is 2. The number of amides is 2. The average molecular weight is 278 g/mol. The van der Waals surface area contributed by atoms with Gasteiger partial charge in [0, 0.05) is 36.7 Å². The molecule has 1 aromatic heterocycles. The zero-order chi connectivity index (χ0) is 14.7. The Labute approximate surface area is 118 Å². The Morgan fingerprint density at radius 2 is 2.05 bits per heavy atom. The lowest BCUT2D eigenvalue weighted by atomic mass is 9.95. The first kappa shape index (κ1) is 14.6. The molecule has 2 amide bonds. The number of H-pyrrole nitrogens is 1. The predicted molar refractivity (Wildman–Crippen MR) is 76.1 cm³/mol. The predicted octanol–water partition coefficient (Wildman–Crippen LogP) is 1.55. The third kappa shape index (κ3) is 3.37. The molecule has 1 aromatic rings. The van der Waals surface area contributed by atoms with E-state index in [4.69, 9.17) is 0 Å². The number of aromatic amines is 1. The van der Waals surface area contributed by atoms with Crippen LogP contribution in [-0.4, -0.2) is 40.0 Å². The van der Waals surface area contributed by atoms with Crippen molar-refractivity contribution in [2.45, 2.75) is 33.6 Å². The largest absolute Gasteiger partial charge is 0.342 e. The molecule has 1 fully saturated rings. The smallest absolute Gasteiger partial charge is 0.228 e. The number of carbonyl (C=O) groups is 2. The van der Waals surface area contributed by atoms with Gasteiger partial charge in [0.15, 0.2) is 5.82 Å². The van der Waals surface area contributed by atoms with E-state index in [9.17, 15) is 9.59 Å². The lowest BCUT2D eigenvalue weighted by Gasteiger charge is -2.32. The fourth-order valence-corrected chi connectivity index (χ4v) is 2.44. The SMILES string of the molecule is Cc1cc(NC(=O)C2CCN(C(=O)C(C)C)CC2)n[nH]1. The van der Waals surface area contributed by atoms with Crippen LogP contribution in [0.2, 0.25) is 0 Å². The molecule has 6 nitrogen and oxygen atoms in total. The molecule has 0 saturated carbocycles. The molecule has 2 rings (SSSR count). The van der Waals surface area contributed by atoms with Gasteiger partial charge >= 0.3 is 0 Å². The minimum Gasteiger partial charge on any atom is -0.342 e. The molecule has 1 saturated heterocycles. The quantitative estimate of drug-likeness (QED) is 0.880. The second kappa shape index (κ2) is 6.07. The summed E-state index contributed by atoms with van der Waals surface area (Å²) in [7, 11) is 0. The van der Waals surface area contributed by atoms with Crippen LogP contribution in [0.5, 0.6) is 0 Å². The van der Waals surface area contributed by atoms with Gasteiger partial charge < -0.3 is 10.2 Å². The molecule has 0 bridgehead atoms. The molecule has 0 spiro atoms. The molecular weight excluding hydrogens is 256 g/mol. The fourth-order valence-electron chi connectivity index (χ4n) is 2.44. The van der Waals surface area contributed by atoms with Gasteiger partial charge in [-0.1, -0.05) is 13.8 Å². The van der Waals surface area contributed by atoms with Crippen molar-refractivity contribution >= 4 is 17.6 Å². The highest BCUT2D eigenvalue weighted by Gasteiger charge is 2.28. The van der Waals surface area contributed by atoms with Gasteiger partial charge in [-0.25, -0.2) is 0 Å². The monoisotopic (exact) mass is 278 g/mol. The van der Waals surface area contributed by atoms with E-state index in [1.807, 2.05) is 25.7 Å². The van der Waals surface area contributed by atoms with Gasteiger partial charge in [0.1, 0.15) is 0 Å². The standard InChI is InChI=1S/C14H22N4O2/c1-9(2)14(20)18-6-4-11(5-7-18)13(19)15-12-8-10(3)16-17-12/h8-9,11H,4-7H2,1-3H3,(H2,15,16,17,19). The number of aromatic nitrogens is 2. The fraction of sp³-hybridized carbons (Fsp3) is 0.643. The van der Waals surface area contributed by atoms with Gasteiger partial charge in [0.2, 0.25) is 11.8 Å². The van der Waals surface area contributed by atoms with Gasteiger partial charge in [-0.2, -0.15) is 5.10 Å². The number of nitrogens with zero attached hydrogens (tertiary/aromatic N) is 2. The molecule has 6 heteroatoms. The first-order valence-electron chi connectivity index (χ1n) is 7.09. The Morgan fingerprint density at radius 1 is 1.40 bits per heavy atom. The third-order valence-electron chi connectivity index (χ3n) is 3.63. The minimum atomic E-state index is -0.0387. The molecule has 110 valence electrons. The molecule has 2 heterocycles. The number of hydrogen-bond acceptors (Lipinski definition) is 3. The number of hydrogen-bond donors (Lipinski definition) is 2. The Morgan fingerprint density at radius 3 is 2.55 bits per heavy atom. The zero-order valence-electron chi connectivity index (χ0n) is 12.3. The molecular formula is C14H22N4O2. The summed E-state index contributed by atoms with van der Waals surface area (Å²) in [5.41, 5.74) is 0.914. The molecule has 1 aliphatic heterocycles. The average Bonchev–Trinajstić information content (AvgIpc) is 2.83. The molecule has 1 aliphatic rings. The molecule has 0 aromatic carbocycles. The molecule has 2 N–H and O–H groups in total. The van der Waals surface area contributed by atoms with Crippen LogP contribution in [0.1, 0.15) is 32.4 Å². The number of likely N-dealkylation sites (tertiary alicyclic amines) is 1. The van der Waals surface area contributed by atoms with E-state index in [2.05, 4.69) is 15.5 Å². The van der Waals surface area contributed by atoms with Crippen LogP contribution in [0.15, 0.2) is 6.07 Å². The lowest BCUT2D eigenvalue weighted by molar-refractivity contribution is -0.137. The lowest BCUT2D eigenvalue weighted by Crippen LogP contribution is -2.43. The van der Waals surface area contributed by atoms with Crippen LogP contribution in [0.25, 0.3) is 0 Å². The van der Waals surface area contributed by atoms with E-state index in [0.717, 1.165) is 5.69 Å².